The van der Waals surface area contributed by atoms with Gasteiger partial charge >= 0.3 is 0 Å². The molecule has 2 heterocycles. The lowest BCUT2D eigenvalue weighted by Gasteiger charge is -2.26. The van der Waals surface area contributed by atoms with Gasteiger partial charge in [-0.15, -0.1) is 0 Å². The molecule has 0 bridgehead atoms. The molecule has 0 aliphatic carbocycles. The standard InChI is InChI=1S/C23H23N3O/c1-15-8-9-16(2)19(14-15)22(26-20-7-3-4-12-24-20)18-11-10-17-6-5-13-25-21(17)23(18)27/h3-11,13-14,22,24,26-27H,12H2,1-2H3. The number of rotatable bonds is 4. The molecule has 4 nitrogen and oxygen atoms in total. The molecule has 2 aromatic carbocycles. The summed E-state index contributed by atoms with van der Waals surface area (Å²) in [6.07, 6.45) is 7.82. The van der Waals surface area contributed by atoms with E-state index in [1.54, 1.807) is 6.20 Å². The van der Waals surface area contributed by atoms with Crippen molar-refractivity contribution in [1.82, 2.24) is 15.6 Å². The number of fused-ring (bicyclic) bond motifs is 1. The maximum absolute atomic E-state index is 11.0. The second-order valence-corrected chi connectivity index (χ2v) is 6.91. The molecule has 0 amide bonds. The van der Waals surface area contributed by atoms with Crippen LogP contribution in [0.15, 0.2) is 72.7 Å². The first-order valence-electron chi connectivity index (χ1n) is 9.14. The molecule has 136 valence electrons. The monoisotopic (exact) mass is 357 g/mol. The number of hydrogen-bond donors (Lipinski definition) is 3. The molecular formula is C23H23N3O. The van der Waals surface area contributed by atoms with Crippen LogP contribution >= 0.6 is 0 Å². The highest BCUT2D eigenvalue weighted by atomic mass is 16.3. The van der Waals surface area contributed by atoms with Crippen LogP contribution in [0, 0.1) is 13.8 Å². The second kappa shape index (κ2) is 7.16. The lowest BCUT2D eigenvalue weighted by atomic mass is 9.92. The number of phenols is 1. The molecule has 3 aromatic rings. The van der Waals surface area contributed by atoms with Crippen LogP contribution in [0.3, 0.4) is 0 Å². The average molecular weight is 357 g/mol. The normalized spacial score (nSPS) is 14.5. The van der Waals surface area contributed by atoms with Crippen LogP contribution in [-0.4, -0.2) is 16.6 Å². The van der Waals surface area contributed by atoms with E-state index in [2.05, 4.69) is 53.7 Å². The van der Waals surface area contributed by atoms with Crippen LogP contribution < -0.4 is 10.6 Å². The quantitative estimate of drug-likeness (QED) is 0.654. The molecule has 1 aliphatic rings. The Morgan fingerprint density at radius 2 is 2.00 bits per heavy atom. The summed E-state index contributed by atoms with van der Waals surface area (Å²) >= 11 is 0. The van der Waals surface area contributed by atoms with E-state index in [1.807, 2.05) is 36.4 Å². The van der Waals surface area contributed by atoms with Crippen molar-refractivity contribution in [3.8, 4) is 5.75 Å². The molecule has 1 unspecified atom stereocenters. The van der Waals surface area contributed by atoms with E-state index in [-0.39, 0.29) is 11.8 Å². The number of allylic oxidation sites excluding steroid dienone is 2. The fraction of sp³-hybridized carbons (Fsp3) is 0.174. The fourth-order valence-corrected chi connectivity index (χ4v) is 3.49. The number of nitrogens with one attached hydrogen (secondary N) is 2. The van der Waals surface area contributed by atoms with E-state index in [9.17, 15) is 5.11 Å². The van der Waals surface area contributed by atoms with Gasteiger partial charge in [0, 0.05) is 23.7 Å². The molecule has 1 atom stereocenters. The van der Waals surface area contributed by atoms with Crippen LogP contribution in [0.2, 0.25) is 0 Å². The zero-order valence-electron chi connectivity index (χ0n) is 15.5. The van der Waals surface area contributed by atoms with Crippen molar-refractivity contribution in [2.45, 2.75) is 19.9 Å². The number of aryl methyl sites for hydroxylation is 2. The summed E-state index contributed by atoms with van der Waals surface area (Å²) in [6.45, 7) is 4.97. The van der Waals surface area contributed by atoms with Crippen molar-refractivity contribution in [3.05, 3.63) is 95.0 Å². The Hall–Kier alpha value is -3.27. The third kappa shape index (κ3) is 3.38. The minimum absolute atomic E-state index is 0.193. The molecule has 0 fully saturated rings. The third-order valence-corrected chi connectivity index (χ3v) is 4.95. The van der Waals surface area contributed by atoms with Crippen LogP contribution in [0.5, 0.6) is 5.75 Å². The number of phenolic OH excluding ortho intramolecular Hbond substituents is 1. The molecular weight excluding hydrogens is 334 g/mol. The fourth-order valence-electron chi connectivity index (χ4n) is 3.49. The molecule has 27 heavy (non-hydrogen) atoms. The van der Waals surface area contributed by atoms with Gasteiger partial charge in [-0.05, 0) is 37.1 Å². The van der Waals surface area contributed by atoms with Crippen LogP contribution in [-0.2, 0) is 0 Å². The second-order valence-electron chi connectivity index (χ2n) is 6.91. The van der Waals surface area contributed by atoms with E-state index < -0.39 is 0 Å². The van der Waals surface area contributed by atoms with Crippen molar-refractivity contribution in [2.75, 3.05) is 6.54 Å². The Bertz CT molecular complexity index is 1050. The zero-order chi connectivity index (χ0) is 18.8. The largest absolute Gasteiger partial charge is 0.505 e. The van der Waals surface area contributed by atoms with Gasteiger partial charge in [0.2, 0.25) is 0 Å². The summed E-state index contributed by atoms with van der Waals surface area (Å²) in [5.74, 6) is 1.15. The highest BCUT2D eigenvalue weighted by Crippen LogP contribution is 2.36. The molecule has 0 radical (unpaired) electrons. The first-order valence-corrected chi connectivity index (χ1v) is 9.14. The van der Waals surface area contributed by atoms with E-state index in [4.69, 9.17) is 0 Å². The predicted molar refractivity (Wildman–Crippen MR) is 110 cm³/mol. The summed E-state index contributed by atoms with van der Waals surface area (Å²) in [7, 11) is 0. The maximum atomic E-state index is 11.0. The van der Waals surface area contributed by atoms with Gasteiger partial charge in [-0.1, -0.05) is 54.1 Å². The number of aromatic nitrogens is 1. The van der Waals surface area contributed by atoms with Gasteiger partial charge in [0.25, 0.3) is 0 Å². The summed E-state index contributed by atoms with van der Waals surface area (Å²) in [5.41, 5.74) is 4.93. The van der Waals surface area contributed by atoms with Gasteiger partial charge in [0.1, 0.15) is 11.3 Å². The van der Waals surface area contributed by atoms with Crippen molar-refractivity contribution in [2.24, 2.45) is 0 Å². The van der Waals surface area contributed by atoms with Gasteiger partial charge in [-0.25, -0.2) is 0 Å². The number of pyridine rings is 1. The molecule has 1 aromatic heterocycles. The van der Waals surface area contributed by atoms with Crippen LogP contribution in [0.1, 0.15) is 28.3 Å². The molecule has 0 saturated heterocycles. The van der Waals surface area contributed by atoms with E-state index in [1.165, 1.54) is 11.1 Å². The van der Waals surface area contributed by atoms with Crippen molar-refractivity contribution in [3.63, 3.8) is 0 Å². The summed E-state index contributed by atoms with van der Waals surface area (Å²) < 4.78 is 0. The minimum atomic E-state index is -0.193. The Balaban J connectivity index is 1.87. The summed E-state index contributed by atoms with van der Waals surface area (Å²) in [4.78, 5) is 4.39. The molecule has 4 heteroatoms. The van der Waals surface area contributed by atoms with Crippen molar-refractivity contribution in [1.29, 1.82) is 0 Å². The Morgan fingerprint density at radius 3 is 2.81 bits per heavy atom. The predicted octanol–water partition coefficient (Wildman–Crippen LogP) is 4.24. The molecule has 1 aliphatic heterocycles. The van der Waals surface area contributed by atoms with Crippen molar-refractivity contribution >= 4 is 10.9 Å². The average Bonchev–Trinajstić information content (AvgIpc) is 2.70. The van der Waals surface area contributed by atoms with Gasteiger partial charge in [0.15, 0.2) is 0 Å². The minimum Gasteiger partial charge on any atom is -0.505 e. The van der Waals surface area contributed by atoms with Crippen LogP contribution in [0.4, 0.5) is 0 Å². The van der Waals surface area contributed by atoms with E-state index in [0.717, 1.165) is 28.9 Å². The first-order chi connectivity index (χ1) is 13.1. The third-order valence-electron chi connectivity index (χ3n) is 4.95. The Labute approximate surface area is 159 Å². The van der Waals surface area contributed by atoms with E-state index >= 15 is 0 Å². The van der Waals surface area contributed by atoms with Gasteiger partial charge in [-0.3, -0.25) is 4.98 Å². The summed E-state index contributed by atoms with van der Waals surface area (Å²) in [5, 5.41) is 18.9. The van der Waals surface area contributed by atoms with Gasteiger partial charge in [0.05, 0.1) is 11.9 Å². The number of nitrogens with zero attached hydrogens (tertiary/aromatic N) is 1. The van der Waals surface area contributed by atoms with Crippen molar-refractivity contribution < 1.29 is 5.11 Å². The molecule has 0 saturated carbocycles. The smallest absolute Gasteiger partial charge is 0.147 e. The highest BCUT2D eigenvalue weighted by molar-refractivity contribution is 5.85. The van der Waals surface area contributed by atoms with E-state index in [0.29, 0.717) is 5.52 Å². The topological polar surface area (TPSA) is 57.2 Å². The zero-order valence-corrected chi connectivity index (χ0v) is 15.5. The Morgan fingerprint density at radius 1 is 1.11 bits per heavy atom. The number of dihydropyridines is 1. The molecule has 0 spiro atoms. The Kier molecular flexibility index (Phi) is 4.55. The van der Waals surface area contributed by atoms with Gasteiger partial charge < -0.3 is 15.7 Å². The van der Waals surface area contributed by atoms with Gasteiger partial charge in [-0.2, -0.15) is 0 Å². The van der Waals surface area contributed by atoms with Crippen LogP contribution in [0.25, 0.3) is 10.9 Å². The SMILES string of the molecule is Cc1ccc(C)c(C(NC2=CC=CCN2)c2ccc3cccnc3c2O)c1. The highest BCUT2D eigenvalue weighted by Gasteiger charge is 2.22. The molecule has 3 N–H and O–H groups in total. The number of hydrogen-bond acceptors (Lipinski definition) is 4. The number of benzene rings is 2. The lowest BCUT2D eigenvalue weighted by Crippen LogP contribution is -2.32. The number of aromatic hydroxyl groups is 1. The maximum Gasteiger partial charge on any atom is 0.147 e. The first kappa shape index (κ1) is 17.2. The summed E-state index contributed by atoms with van der Waals surface area (Å²) in [6, 6.07) is 14.1. The molecule has 4 rings (SSSR count). The lowest BCUT2D eigenvalue weighted by molar-refractivity contribution is 0.464.